The van der Waals surface area contributed by atoms with Gasteiger partial charge in [0.25, 0.3) is 0 Å². The average molecular weight is 1140 g/mol. The lowest BCUT2D eigenvalue weighted by Crippen LogP contribution is -2.61. The van der Waals surface area contributed by atoms with E-state index in [0.29, 0.717) is 19.3 Å². The summed E-state index contributed by atoms with van der Waals surface area (Å²) in [6, 6.07) is -1.03. The maximum Gasteiger partial charge on any atom is 0.306 e. The summed E-state index contributed by atoms with van der Waals surface area (Å²) in [4.78, 5) is 26.6. The zero-order chi connectivity index (χ0) is 58.9. The van der Waals surface area contributed by atoms with E-state index >= 15 is 0 Å². The maximum atomic E-state index is 13.5. The van der Waals surface area contributed by atoms with Crippen LogP contribution in [0.4, 0.5) is 0 Å². The van der Waals surface area contributed by atoms with Gasteiger partial charge in [-0.15, -0.1) is 0 Å². The summed E-state index contributed by atoms with van der Waals surface area (Å²) < 4.78 is 17.7. The highest BCUT2D eigenvalue weighted by molar-refractivity contribution is 5.80. The van der Waals surface area contributed by atoms with Gasteiger partial charge < -0.3 is 45.1 Å². The summed E-state index contributed by atoms with van der Waals surface area (Å²) in [5, 5.41) is 57.2. The Bertz CT molecular complexity index is 1500. The maximum absolute atomic E-state index is 13.5. The van der Waals surface area contributed by atoms with Gasteiger partial charge in [-0.2, -0.15) is 0 Å². The van der Waals surface area contributed by atoms with Gasteiger partial charge in [0.15, 0.2) is 12.4 Å². The van der Waals surface area contributed by atoms with Crippen LogP contribution in [0.2, 0.25) is 0 Å². The summed E-state index contributed by atoms with van der Waals surface area (Å²) in [7, 11) is 0. The lowest BCUT2D eigenvalue weighted by Gasteiger charge is -2.41. The number of carbonyl (C=O) groups is 2. The van der Waals surface area contributed by atoms with Crippen LogP contribution in [0.25, 0.3) is 0 Å². The highest BCUT2D eigenvalue weighted by atomic mass is 16.7. The summed E-state index contributed by atoms with van der Waals surface area (Å²) in [5.41, 5.74) is 0. The van der Waals surface area contributed by atoms with Crippen molar-refractivity contribution in [3.05, 3.63) is 48.6 Å². The molecule has 8 atom stereocenters. The van der Waals surface area contributed by atoms with E-state index in [1.54, 1.807) is 6.08 Å². The molecule has 0 spiro atoms. The second kappa shape index (κ2) is 58.0. The number of rotatable bonds is 59. The predicted molar refractivity (Wildman–Crippen MR) is 338 cm³/mol. The summed E-state index contributed by atoms with van der Waals surface area (Å²) in [5.74, 6) is -1.21. The largest absolute Gasteiger partial charge is 0.454 e. The fraction of sp³-hybridized carbons (Fsp3) is 0.857. The third kappa shape index (κ3) is 45.6. The van der Waals surface area contributed by atoms with Gasteiger partial charge in [0.2, 0.25) is 5.91 Å². The Morgan fingerprint density at radius 1 is 0.481 bits per heavy atom. The quantitative estimate of drug-likeness (QED) is 0.0195. The van der Waals surface area contributed by atoms with Crippen molar-refractivity contribution in [3.8, 4) is 0 Å². The normalized spacial score (nSPS) is 18.9. The minimum Gasteiger partial charge on any atom is -0.454 e. The van der Waals surface area contributed by atoms with E-state index in [-0.39, 0.29) is 13.0 Å². The Hall–Kier alpha value is -2.38. The smallest absolute Gasteiger partial charge is 0.306 e. The number of hydrogen-bond acceptors (Lipinski definition) is 10. The molecule has 0 aliphatic carbocycles. The lowest BCUT2D eigenvalue weighted by molar-refractivity contribution is -0.305. The molecule has 0 aromatic carbocycles. The molecule has 0 aromatic rings. The average Bonchev–Trinajstić information content (AvgIpc) is 3.46. The molecule has 1 saturated heterocycles. The standard InChI is InChI=1S/C70H129NO10/c1-4-7-10-13-16-19-22-25-27-29-30-31-32-33-35-36-39-42-45-48-51-54-57-63(74)69(78)71-61(62(73)56-53-50-47-44-41-38-24-21-18-15-12-9-6-3)60-79-70-68(67(77)66(76)64(59-72)80-70)81-65(75)58-55-52-49-46-43-40-37-34-28-26-23-20-17-14-11-8-5-2/h17,20,26,28,37,40,53,56,61-64,66-68,70,72-74,76-77H,4-16,18-19,21-25,27,29-36,38-39,41-52,54-55,57-60H2,1-3H3,(H,71,78)/b20-17-,28-26-,40-37-,56-53+. The minimum absolute atomic E-state index is 0.0991. The van der Waals surface area contributed by atoms with Crippen LogP contribution in [0, 0.1) is 0 Å². The molecule has 0 bridgehead atoms. The Morgan fingerprint density at radius 3 is 1.30 bits per heavy atom. The van der Waals surface area contributed by atoms with E-state index in [0.717, 1.165) is 83.5 Å². The summed E-state index contributed by atoms with van der Waals surface area (Å²) in [6.07, 6.45) is 61.5. The molecular weight excluding hydrogens is 1010 g/mol. The number of allylic oxidation sites excluding steroid dienone is 7. The van der Waals surface area contributed by atoms with Crippen molar-refractivity contribution in [1.82, 2.24) is 5.32 Å². The number of carbonyl (C=O) groups excluding carboxylic acids is 2. The van der Waals surface area contributed by atoms with Crippen molar-refractivity contribution in [1.29, 1.82) is 0 Å². The third-order valence-corrected chi connectivity index (χ3v) is 16.2. The zero-order valence-corrected chi connectivity index (χ0v) is 52.7. The highest BCUT2D eigenvalue weighted by Crippen LogP contribution is 2.26. The topological polar surface area (TPSA) is 175 Å². The monoisotopic (exact) mass is 1140 g/mol. The number of aliphatic hydroxyl groups excluding tert-OH is 5. The van der Waals surface area contributed by atoms with Gasteiger partial charge in [0.05, 0.1) is 25.4 Å². The second-order valence-electron chi connectivity index (χ2n) is 23.9. The minimum atomic E-state index is -1.62. The highest BCUT2D eigenvalue weighted by Gasteiger charge is 2.47. The van der Waals surface area contributed by atoms with Crippen molar-refractivity contribution < 1.29 is 49.3 Å². The van der Waals surface area contributed by atoms with E-state index in [4.69, 9.17) is 14.2 Å². The van der Waals surface area contributed by atoms with Gasteiger partial charge in [-0.1, -0.05) is 301 Å². The summed E-state index contributed by atoms with van der Waals surface area (Å²) >= 11 is 0. The Kier molecular flexibility index (Phi) is 54.9. The molecule has 0 saturated carbocycles. The SMILES string of the molecule is CCCCC/C=C\C/C=C\C/C=C\CCCCCCC(=O)OC1C(OCC(NC(=O)C(O)CCCCCCCCCCCCCCCCCCCCCCCC)C(O)/C=C/CCCCCCCCCCCCC)OC(CO)C(O)C1O. The molecule has 0 radical (unpaired) electrons. The van der Waals surface area contributed by atoms with E-state index in [1.165, 1.54) is 193 Å². The zero-order valence-electron chi connectivity index (χ0n) is 52.7. The van der Waals surface area contributed by atoms with Gasteiger partial charge in [0, 0.05) is 6.42 Å². The lowest BCUT2D eigenvalue weighted by atomic mass is 9.99. The molecule has 1 fully saturated rings. The van der Waals surface area contributed by atoms with Crippen molar-refractivity contribution in [2.24, 2.45) is 0 Å². The van der Waals surface area contributed by atoms with Crippen LogP contribution in [0.5, 0.6) is 0 Å². The van der Waals surface area contributed by atoms with Crippen molar-refractivity contribution >= 4 is 11.9 Å². The molecular formula is C70H129NO10. The molecule has 1 heterocycles. The number of hydrogen-bond donors (Lipinski definition) is 6. The first kappa shape index (κ1) is 76.6. The van der Waals surface area contributed by atoms with Gasteiger partial charge in [-0.25, -0.2) is 0 Å². The van der Waals surface area contributed by atoms with Crippen LogP contribution < -0.4 is 5.32 Å². The van der Waals surface area contributed by atoms with Gasteiger partial charge in [0.1, 0.15) is 24.4 Å². The number of aliphatic hydroxyl groups is 5. The van der Waals surface area contributed by atoms with E-state index < -0.39 is 67.4 Å². The molecule has 1 aliphatic heterocycles. The Morgan fingerprint density at radius 2 is 0.852 bits per heavy atom. The number of amides is 1. The van der Waals surface area contributed by atoms with Crippen LogP contribution in [-0.4, -0.2) is 99.6 Å². The molecule has 474 valence electrons. The fourth-order valence-electron chi connectivity index (χ4n) is 10.8. The van der Waals surface area contributed by atoms with Crippen LogP contribution >= 0.6 is 0 Å². The van der Waals surface area contributed by atoms with Crippen LogP contribution in [0.3, 0.4) is 0 Å². The first-order valence-electron chi connectivity index (χ1n) is 34.4. The molecule has 1 rings (SSSR count). The van der Waals surface area contributed by atoms with Crippen LogP contribution in [0.1, 0.15) is 323 Å². The molecule has 0 aromatic heterocycles. The number of unbranched alkanes of at least 4 members (excludes halogenated alkanes) is 39. The first-order valence-corrected chi connectivity index (χ1v) is 34.4. The van der Waals surface area contributed by atoms with E-state index in [1.807, 2.05) is 6.08 Å². The molecule has 6 N–H and O–H groups in total. The van der Waals surface area contributed by atoms with Crippen LogP contribution in [-0.2, 0) is 23.8 Å². The van der Waals surface area contributed by atoms with Gasteiger partial charge in [-0.05, 0) is 64.2 Å². The molecule has 8 unspecified atom stereocenters. The van der Waals surface area contributed by atoms with Crippen molar-refractivity contribution in [2.75, 3.05) is 13.2 Å². The predicted octanol–water partition coefficient (Wildman–Crippen LogP) is 17.2. The number of ether oxygens (including phenoxy) is 3. The van der Waals surface area contributed by atoms with Crippen molar-refractivity contribution in [2.45, 2.75) is 372 Å². The molecule has 1 amide bonds. The first-order chi connectivity index (χ1) is 39.7. The molecule has 11 nitrogen and oxygen atoms in total. The molecule has 81 heavy (non-hydrogen) atoms. The van der Waals surface area contributed by atoms with Gasteiger partial charge in [-0.3, -0.25) is 9.59 Å². The molecule has 11 heteroatoms. The fourth-order valence-corrected chi connectivity index (χ4v) is 10.8. The third-order valence-electron chi connectivity index (χ3n) is 16.2. The van der Waals surface area contributed by atoms with Crippen molar-refractivity contribution in [3.63, 3.8) is 0 Å². The number of nitrogens with one attached hydrogen (secondary N) is 1. The Labute approximate surface area is 497 Å². The Balaban J connectivity index is 2.62. The van der Waals surface area contributed by atoms with Gasteiger partial charge >= 0.3 is 5.97 Å². The second-order valence-corrected chi connectivity index (χ2v) is 23.9. The summed E-state index contributed by atoms with van der Waals surface area (Å²) in [6.45, 7) is 5.79. The van der Waals surface area contributed by atoms with E-state index in [9.17, 15) is 35.1 Å². The van der Waals surface area contributed by atoms with E-state index in [2.05, 4.69) is 62.5 Å². The van der Waals surface area contributed by atoms with Crippen LogP contribution in [0.15, 0.2) is 48.6 Å². The number of esters is 1. The molecule has 1 aliphatic rings.